The molecule has 0 bridgehead atoms. The van der Waals surface area contributed by atoms with Crippen LogP contribution in [0.3, 0.4) is 0 Å². The van der Waals surface area contributed by atoms with Crippen LogP contribution in [0, 0.1) is 5.82 Å². The summed E-state index contributed by atoms with van der Waals surface area (Å²) in [5.41, 5.74) is 1.23. The van der Waals surface area contributed by atoms with Gasteiger partial charge in [-0.3, -0.25) is 0 Å². The minimum Gasteiger partial charge on any atom is -0.437 e. The van der Waals surface area contributed by atoms with E-state index < -0.39 is 80.8 Å². The quantitative estimate of drug-likeness (QED) is 0.228. The van der Waals surface area contributed by atoms with Gasteiger partial charge in [0.25, 0.3) is 0 Å². The summed E-state index contributed by atoms with van der Waals surface area (Å²) in [7, 11) is 0. The molecule has 0 saturated carbocycles. The molecule has 1 aromatic heterocycles. The van der Waals surface area contributed by atoms with Crippen molar-refractivity contribution < 1.29 is 53.4 Å². The van der Waals surface area contributed by atoms with Crippen LogP contribution in [-0.2, 0) is 18.5 Å². The standard InChI is InChI=1S/C25H12ClF10N3O2/c26-17-7-5-13(9-15(17)24(31,32)33)40-21-19(37)22(41-14-6-8-18(27)16(10-14)25(34,35)36)39-20(38-21)11-1-3-12(4-2-11)23(28,29)30/h1-10H,37H2. The van der Waals surface area contributed by atoms with E-state index in [1.54, 1.807) is 0 Å². The van der Waals surface area contributed by atoms with Gasteiger partial charge in [0.05, 0.1) is 21.7 Å². The van der Waals surface area contributed by atoms with E-state index in [9.17, 15) is 43.9 Å². The van der Waals surface area contributed by atoms with Crippen molar-refractivity contribution in [1.29, 1.82) is 0 Å². The van der Waals surface area contributed by atoms with E-state index in [0.717, 1.165) is 30.3 Å². The Hall–Kier alpha value is -4.27. The summed E-state index contributed by atoms with van der Waals surface area (Å²) < 4.78 is 143. The van der Waals surface area contributed by atoms with Gasteiger partial charge in [0.1, 0.15) is 17.3 Å². The highest BCUT2D eigenvalue weighted by Crippen LogP contribution is 2.41. The van der Waals surface area contributed by atoms with Crippen LogP contribution >= 0.6 is 11.6 Å². The van der Waals surface area contributed by atoms with E-state index in [0.29, 0.717) is 30.3 Å². The van der Waals surface area contributed by atoms with Gasteiger partial charge in [-0.15, -0.1) is 0 Å². The van der Waals surface area contributed by atoms with E-state index in [-0.39, 0.29) is 5.56 Å². The number of hydrogen-bond donors (Lipinski definition) is 1. The van der Waals surface area contributed by atoms with Crippen LogP contribution < -0.4 is 15.2 Å². The minimum absolute atomic E-state index is 0.0881. The molecule has 0 fully saturated rings. The molecule has 0 saturated heterocycles. The maximum absolute atomic E-state index is 13.7. The Morgan fingerprint density at radius 2 is 1.12 bits per heavy atom. The number of alkyl halides is 9. The molecule has 0 spiro atoms. The highest BCUT2D eigenvalue weighted by atomic mass is 35.5. The fourth-order valence-corrected chi connectivity index (χ4v) is 3.54. The van der Waals surface area contributed by atoms with Crippen LogP contribution in [0.15, 0.2) is 60.7 Å². The Morgan fingerprint density at radius 1 is 0.634 bits per heavy atom. The van der Waals surface area contributed by atoms with Gasteiger partial charge in [0.2, 0.25) is 11.8 Å². The number of benzene rings is 3. The first-order valence-electron chi connectivity index (χ1n) is 10.9. The minimum atomic E-state index is -5.11. The first-order chi connectivity index (χ1) is 18.9. The third-order valence-electron chi connectivity index (χ3n) is 5.26. The van der Waals surface area contributed by atoms with Gasteiger partial charge < -0.3 is 15.2 Å². The van der Waals surface area contributed by atoms with Gasteiger partial charge in [0, 0.05) is 5.56 Å². The lowest BCUT2D eigenvalue weighted by Gasteiger charge is -2.16. The Morgan fingerprint density at radius 3 is 1.61 bits per heavy atom. The summed E-state index contributed by atoms with van der Waals surface area (Å²) >= 11 is 5.60. The maximum Gasteiger partial charge on any atom is 0.419 e. The van der Waals surface area contributed by atoms with Crippen LogP contribution in [0.5, 0.6) is 23.3 Å². The molecular formula is C25H12ClF10N3O2. The van der Waals surface area contributed by atoms with Gasteiger partial charge in [-0.1, -0.05) is 23.7 Å². The van der Waals surface area contributed by atoms with Gasteiger partial charge in [-0.2, -0.15) is 49.5 Å². The Bertz CT molecular complexity index is 1500. The fraction of sp³-hybridized carbons (Fsp3) is 0.120. The van der Waals surface area contributed by atoms with Crippen molar-refractivity contribution in [3.05, 3.63) is 88.2 Å². The summed E-state index contributed by atoms with van der Waals surface area (Å²) in [6.45, 7) is 0. The van der Waals surface area contributed by atoms with E-state index in [2.05, 4.69) is 9.97 Å². The number of halogens is 11. The first kappa shape index (κ1) is 29.7. The monoisotopic (exact) mass is 611 g/mol. The molecule has 5 nitrogen and oxygen atoms in total. The number of aromatic nitrogens is 2. The average Bonchev–Trinajstić information content (AvgIpc) is 2.86. The van der Waals surface area contributed by atoms with Crippen molar-refractivity contribution in [3.8, 4) is 34.6 Å². The van der Waals surface area contributed by atoms with E-state index in [4.69, 9.17) is 26.8 Å². The van der Waals surface area contributed by atoms with Crippen molar-refractivity contribution in [2.45, 2.75) is 18.5 Å². The topological polar surface area (TPSA) is 70.3 Å². The molecule has 3 aromatic carbocycles. The number of hydrogen-bond acceptors (Lipinski definition) is 5. The van der Waals surface area contributed by atoms with Gasteiger partial charge in [-0.05, 0) is 48.5 Å². The molecule has 0 aliphatic heterocycles. The van der Waals surface area contributed by atoms with E-state index in [1.165, 1.54) is 0 Å². The van der Waals surface area contributed by atoms with Crippen LogP contribution in [0.2, 0.25) is 5.02 Å². The van der Waals surface area contributed by atoms with Gasteiger partial charge in [0.15, 0.2) is 11.5 Å². The normalized spacial score (nSPS) is 12.4. The Kier molecular flexibility index (Phi) is 7.69. The maximum atomic E-state index is 13.7. The summed E-state index contributed by atoms with van der Waals surface area (Å²) in [6.07, 6.45) is -14.7. The molecule has 0 aliphatic rings. The van der Waals surface area contributed by atoms with Crippen molar-refractivity contribution >= 4 is 17.3 Å². The molecule has 0 aliphatic carbocycles. The second-order valence-electron chi connectivity index (χ2n) is 8.13. The second kappa shape index (κ2) is 10.6. The molecule has 1 heterocycles. The summed E-state index contributed by atoms with van der Waals surface area (Å²) in [5.74, 6) is -4.51. The molecule has 4 aromatic rings. The molecule has 16 heteroatoms. The van der Waals surface area contributed by atoms with Crippen LogP contribution in [0.1, 0.15) is 16.7 Å². The average molecular weight is 612 g/mol. The van der Waals surface area contributed by atoms with Crippen LogP contribution in [0.4, 0.5) is 49.6 Å². The van der Waals surface area contributed by atoms with Gasteiger partial charge in [-0.25, -0.2) is 4.39 Å². The third-order valence-corrected chi connectivity index (χ3v) is 5.59. The lowest BCUT2D eigenvalue weighted by molar-refractivity contribution is -0.140. The number of nitrogens with two attached hydrogens (primary N) is 1. The van der Waals surface area contributed by atoms with E-state index >= 15 is 0 Å². The smallest absolute Gasteiger partial charge is 0.419 e. The molecule has 216 valence electrons. The molecule has 0 amide bonds. The molecule has 2 N–H and O–H groups in total. The summed E-state index contributed by atoms with van der Waals surface area (Å²) in [5, 5.41) is -0.660. The van der Waals surface area contributed by atoms with Crippen molar-refractivity contribution in [3.63, 3.8) is 0 Å². The lowest BCUT2D eigenvalue weighted by atomic mass is 10.1. The van der Waals surface area contributed by atoms with E-state index in [1.807, 2.05) is 0 Å². The molecule has 0 radical (unpaired) electrons. The zero-order chi connectivity index (χ0) is 30.3. The predicted octanol–water partition coefficient (Wildman–Crippen LogP) is 9.16. The molecule has 0 unspecified atom stereocenters. The fourth-order valence-electron chi connectivity index (χ4n) is 3.32. The molecule has 41 heavy (non-hydrogen) atoms. The third kappa shape index (κ3) is 6.73. The zero-order valence-electron chi connectivity index (χ0n) is 19.7. The Balaban J connectivity index is 1.82. The largest absolute Gasteiger partial charge is 0.437 e. The summed E-state index contributed by atoms with van der Waals surface area (Å²) in [6, 6.07) is 7.21. The highest BCUT2D eigenvalue weighted by Gasteiger charge is 2.35. The molecule has 0 atom stereocenters. The van der Waals surface area contributed by atoms with Crippen molar-refractivity contribution in [2.24, 2.45) is 0 Å². The van der Waals surface area contributed by atoms with Crippen molar-refractivity contribution in [1.82, 2.24) is 9.97 Å². The zero-order valence-corrected chi connectivity index (χ0v) is 20.5. The predicted molar refractivity (Wildman–Crippen MR) is 125 cm³/mol. The molecule has 4 rings (SSSR count). The van der Waals surface area contributed by atoms with Crippen LogP contribution in [0.25, 0.3) is 11.4 Å². The van der Waals surface area contributed by atoms with Gasteiger partial charge >= 0.3 is 18.5 Å². The first-order valence-corrected chi connectivity index (χ1v) is 11.3. The number of nitrogens with zero attached hydrogens (tertiary/aromatic N) is 2. The number of ether oxygens (including phenoxy) is 2. The lowest BCUT2D eigenvalue weighted by Crippen LogP contribution is -2.09. The Labute approximate surface area is 228 Å². The van der Waals surface area contributed by atoms with Crippen molar-refractivity contribution in [2.75, 3.05) is 5.73 Å². The SMILES string of the molecule is Nc1c(Oc2ccc(F)c(C(F)(F)F)c2)nc(-c2ccc(C(F)(F)F)cc2)nc1Oc1ccc(Cl)c(C(F)(F)F)c1. The number of anilines is 1. The van der Waals surface area contributed by atoms with Crippen LogP contribution in [-0.4, -0.2) is 9.97 Å². The summed E-state index contributed by atoms with van der Waals surface area (Å²) in [4.78, 5) is 7.86. The highest BCUT2D eigenvalue weighted by molar-refractivity contribution is 6.31. The molecular weight excluding hydrogens is 600 g/mol. The number of rotatable bonds is 5. The number of nitrogen functional groups attached to an aromatic ring is 1. The second-order valence-corrected chi connectivity index (χ2v) is 8.54.